The number of unbranched alkanes of at least 4 members (excludes halogenated alkanes) is 2. The molecular weight excluding hydrogens is 416 g/mol. The van der Waals surface area contributed by atoms with Crippen LogP contribution in [-0.4, -0.2) is 61.0 Å². The van der Waals surface area contributed by atoms with Gasteiger partial charge in [0.25, 0.3) is 5.91 Å². The Hall–Kier alpha value is -2.78. The quantitative estimate of drug-likeness (QED) is 0.461. The minimum atomic E-state index is -0.356. The van der Waals surface area contributed by atoms with E-state index in [1.54, 1.807) is 36.8 Å². The third-order valence-corrected chi connectivity index (χ3v) is 5.26. The van der Waals surface area contributed by atoms with Gasteiger partial charge in [-0.15, -0.1) is 11.3 Å². The number of methoxy groups -OCH3 is 1. The molecule has 1 heterocycles. The molecule has 9 heteroatoms. The minimum Gasteiger partial charge on any atom is -0.383 e. The van der Waals surface area contributed by atoms with Gasteiger partial charge in [-0.3, -0.25) is 14.4 Å². The van der Waals surface area contributed by atoms with E-state index < -0.39 is 0 Å². The number of carbonyl (C=O) groups excluding carboxylic acids is 3. The van der Waals surface area contributed by atoms with Crippen molar-refractivity contribution >= 4 is 34.2 Å². The van der Waals surface area contributed by atoms with Crippen LogP contribution in [0.25, 0.3) is 0 Å². The fourth-order valence-corrected chi connectivity index (χ4v) is 3.55. The van der Waals surface area contributed by atoms with Crippen molar-refractivity contribution in [3.05, 3.63) is 47.0 Å². The standard InChI is InChI=1S/C22H30N4O4S/c1-3-4-8-11-23-19(27)14-18-16-31-22(24-18)25-20(28)15-26(12-13-30-2)21(29)17-9-6-5-7-10-17/h5-7,9-10,16H,3-4,8,11-15H2,1-2H3,(H,23,27)(H,24,25,28). The molecule has 2 N–H and O–H groups in total. The lowest BCUT2D eigenvalue weighted by Gasteiger charge is -2.21. The van der Waals surface area contributed by atoms with Crippen LogP contribution in [0.1, 0.15) is 42.2 Å². The van der Waals surface area contributed by atoms with Gasteiger partial charge in [-0.1, -0.05) is 38.0 Å². The lowest BCUT2D eigenvalue weighted by molar-refractivity contribution is -0.120. The van der Waals surface area contributed by atoms with Gasteiger partial charge < -0.3 is 20.3 Å². The van der Waals surface area contributed by atoms with Gasteiger partial charge in [0.2, 0.25) is 11.8 Å². The van der Waals surface area contributed by atoms with E-state index in [2.05, 4.69) is 22.5 Å². The average molecular weight is 447 g/mol. The lowest BCUT2D eigenvalue weighted by Crippen LogP contribution is -2.40. The number of amides is 3. The van der Waals surface area contributed by atoms with Crippen molar-refractivity contribution in [3.8, 4) is 0 Å². The van der Waals surface area contributed by atoms with Crippen molar-refractivity contribution in [2.45, 2.75) is 32.6 Å². The molecule has 31 heavy (non-hydrogen) atoms. The normalized spacial score (nSPS) is 10.5. The molecule has 3 amide bonds. The highest BCUT2D eigenvalue weighted by molar-refractivity contribution is 7.13. The molecule has 0 radical (unpaired) electrons. The van der Waals surface area contributed by atoms with E-state index >= 15 is 0 Å². The number of hydrogen-bond acceptors (Lipinski definition) is 6. The van der Waals surface area contributed by atoms with E-state index in [1.807, 2.05) is 6.07 Å². The molecule has 0 fully saturated rings. The van der Waals surface area contributed by atoms with Crippen LogP contribution in [0.5, 0.6) is 0 Å². The summed E-state index contributed by atoms with van der Waals surface area (Å²) < 4.78 is 5.07. The zero-order valence-corrected chi connectivity index (χ0v) is 18.9. The highest BCUT2D eigenvalue weighted by Crippen LogP contribution is 2.16. The number of anilines is 1. The van der Waals surface area contributed by atoms with Gasteiger partial charge in [-0.05, 0) is 18.6 Å². The number of nitrogens with zero attached hydrogens (tertiary/aromatic N) is 2. The van der Waals surface area contributed by atoms with E-state index in [1.165, 1.54) is 16.2 Å². The largest absolute Gasteiger partial charge is 0.383 e. The Morgan fingerprint density at radius 1 is 1.13 bits per heavy atom. The Balaban J connectivity index is 1.88. The Morgan fingerprint density at radius 3 is 2.61 bits per heavy atom. The molecule has 8 nitrogen and oxygen atoms in total. The smallest absolute Gasteiger partial charge is 0.254 e. The zero-order valence-electron chi connectivity index (χ0n) is 18.1. The third kappa shape index (κ3) is 8.85. The van der Waals surface area contributed by atoms with Crippen molar-refractivity contribution in [2.24, 2.45) is 0 Å². The second-order valence-electron chi connectivity index (χ2n) is 7.01. The van der Waals surface area contributed by atoms with Gasteiger partial charge in [0.05, 0.1) is 18.7 Å². The first-order valence-corrected chi connectivity index (χ1v) is 11.3. The molecule has 0 bridgehead atoms. The summed E-state index contributed by atoms with van der Waals surface area (Å²) >= 11 is 1.25. The van der Waals surface area contributed by atoms with Crippen LogP contribution in [0.4, 0.5) is 5.13 Å². The number of ether oxygens (including phenoxy) is 1. The van der Waals surface area contributed by atoms with Gasteiger partial charge in [0.1, 0.15) is 6.54 Å². The minimum absolute atomic E-state index is 0.0847. The summed E-state index contributed by atoms with van der Waals surface area (Å²) in [4.78, 5) is 42.9. The van der Waals surface area contributed by atoms with Crippen LogP contribution in [0, 0.1) is 0 Å². The van der Waals surface area contributed by atoms with E-state index in [-0.39, 0.29) is 30.7 Å². The Labute approximate surface area is 187 Å². The maximum Gasteiger partial charge on any atom is 0.254 e. The first-order chi connectivity index (χ1) is 15.0. The Kier molecular flexibility index (Phi) is 10.7. The van der Waals surface area contributed by atoms with Crippen molar-refractivity contribution in [1.82, 2.24) is 15.2 Å². The van der Waals surface area contributed by atoms with Crippen molar-refractivity contribution in [2.75, 3.05) is 38.7 Å². The molecule has 0 aliphatic rings. The summed E-state index contributed by atoms with van der Waals surface area (Å²) in [6.45, 7) is 3.26. The van der Waals surface area contributed by atoms with Crippen LogP contribution >= 0.6 is 11.3 Å². The van der Waals surface area contributed by atoms with Crippen LogP contribution in [0.3, 0.4) is 0 Å². The second-order valence-corrected chi connectivity index (χ2v) is 7.87. The topological polar surface area (TPSA) is 101 Å². The predicted molar refractivity (Wildman–Crippen MR) is 121 cm³/mol. The SMILES string of the molecule is CCCCCNC(=O)Cc1csc(NC(=O)CN(CCOC)C(=O)c2ccccc2)n1. The summed E-state index contributed by atoms with van der Waals surface area (Å²) in [6.07, 6.45) is 3.32. The van der Waals surface area contributed by atoms with E-state index in [0.717, 1.165) is 19.3 Å². The molecule has 2 aromatic rings. The average Bonchev–Trinajstić information content (AvgIpc) is 3.20. The molecule has 0 aliphatic heterocycles. The Bertz CT molecular complexity index is 841. The van der Waals surface area contributed by atoms with Crippen molar-refractivity contribution < 1.29 is 19.1 Å². The van der Waals surface area contributed by atoms with Gasteiger partial charge >= 0.3 is 0 Å². The first kappa shape index (κ1) is 24.5. The molecule has 0 saturated heterocycles. The second kappa shape index (κ2) is 13.5. The number of nitrogens with one attached hydrogen (secondary N) is 2. The highest BCUT2D eigenvalue weighted by Gasteiger charge is 2.19. The molecule has 1 aromatic carbocycles. The van der Waals surface area contributed by atoms with E-state index in [9.17, 15) is 14.4 Å². The van der Waals surface area contributed by atoms with Gasteiger partial charge in [0.15, 0.2) is 5.13 Å². The molecule has 0 spiro atoms. The number of rotatable bonds is 13. The van der Waals surface area contributed by atoms with E-state index in [4.69, 9.17) is 4.74 Å². The maximum atomic E-state index is 12.7. The first-order valence-electron chi connectivity index (χ1n) is 10.4. The highest BCUT2D eigenvalue weighted by atomic mass is 32.1. The zero-order chi connectivity index (χ0) is 22.5. The van der Waals surface area contributed by atoms with E-state index in [0.29, 0.717) is 36.1 Å². The van der Waals surface area contributed by atoms with Crippen LogP contribution in [0.2, 0.25) is 0 Å². The fraction of sp³-hybridized carbons (Fsp3) is 0.455. The molecule has 168 valence electrons. The predicted octanol–water partition coefficient (Wildman–Crippen LogP) is 2.72. The summed E-state index contributed by atoms with van der Waals surface area (Å²) in [5.74, 6) is -0.684. The van der Waals surface area contributed by atoms with Gasteiger partial charge in [-0.25, -0.2) is 4.98 Å². The number of thiazole rings is 1. The summed E-state index contributed by atoms with van der Waals surface area (Å²) in [5, 5.41) is 7.73. The molecule has 1 aromatic heterocycles. The number of benzene rings is 1. The molecule has 0 saturated carbocycles. The van der Waals surface area contributed by atoms with Crippen molar-refractivity contribution in [1.29, 1.82) is 0 Å². The third-order valence-electron chi connectivity index (χ3n) is 4.45. The molecule has 0 atom stereocenters. The monoisotopic (exact) mass is 446 g/mol. The number of hydrogen-bond donors (Lipinski definition) is 2. The van der Waals surface area contributed by atoms with Crippen LogP contribution < -0.4 is 10.6 Å². The van der Waals surface area contributed by atoms with Crippen LogP contribution in [-0.2, 0) is 20.7 Å². The van der Waals surface area contributed by atoms with Gasteiger partial charge in [-0.2, -0.15) is 0 Å². The number of carbonyl (C=O) groups is 3. The van der Waals surface area contributed by atoms with Crippen molar-refractivity contribution in [3.63, 3.8) is 0 Å². The fourth-order valence-electron chi connectivity index (χ4n) is 2.82. The summed E-state index contributed by atoms with van der Waals surface area (Å²) in [5.41, 5.74) is 1.11. The maximum absolute atomic E-state index is 12.7. The van der Waals surface area contributed by atoms with Crippen LogP contribution in [0.15, 0.2) is 35.7 Å². The molecule has 0 aliphatic carbocycles. The van der Waals surface area contributed by atoms with Gasteiger partial charge in [0, 0.05) is 31.1 Å². The summed E-state index contributed by atoms with van der Waals surface area (Å²) in [6, 6.07) is 8.80. The molecular formula is C22H30N4O4S. The Morgan fingerprint density at radius 2 is 1.90 bits per heavy atom. The summed E-state index contributed by atoms with van der Waals surface area (Å²) in [7, 11) is 1.54. The molecule has 0 unspecified atom stereocenters. The molecule has 2 rings (SSSR count). The lowest BCUT2D eigenvalue weighted by atomic mass is 10.2. The number of aromatic nitrogens is 1.